The molecule has 0 aliphatic heterocycles. The van der Waals surface area contributed by atoms with Gasteiger partial charge >= 0.3 is 5.97 Å². The fraction of sp³-hybridized carbons (Fsp3) is 0.348. The van der Waals surface area contributed by atoms with Crippen molar-refractivity contribution in [1.82, 2.24) is 20.4 Å². The van der Waals surface area contributed by atoms with Gasteiger partial charge < -0.3 is 27.2 Å². The molecule has 1 amide bonds. The summed E-state index contributed by atoms with van der Waals surface area (Å²) in [6.45, 7) is 2.74. The number of carboxylic acids is 1. The van der Waals surface area contributed by atoms with Gasteiger partial charge in [-0.25, -0.2) is 13.2 Å². The molecule has 0 saturated heterocycles. The van der Waals surface area contributed by atoms with Crippen LogP contribution in [0.3, 0.4) is 0 Å². The molecule has 1 atom stereocenters. The molecule has 0 aliphatic rings. The number of anilines is 2. The maximum Gasteiger partial charge on any atom is 0.326 e. The quantitative estimate of drug-likeness (QED) is 0.0739. The maximum absolute atomic E-state index is 13.2. The van der Waals surface area contributed by atoms with E-state index in [-0.39, 0.29) is 21.9 Å². The van der Waals surface area contributed by atoms with Crippen molar-refractivity contribution in [2.45, 2.75) is 43.5 Å². The summed E-state index contributed by atoms with van der Waals surface area (Å²) in [4.78, 5) is 24.5. The topological polar surface area (TPSA) is 206 Å². The summed E-state index contributed by atoms with van der Waals surface area (Å²) in [5.41, 5.74) is 13.3. The molecule has 16 heteroatoms. The van der Waals surface area contributed by atoms with Gasteiger partial charge in [-0.15, -0.1) is 11.3 Å². The number of carbonyl (C=O) groups is 2. The number of carboxylic acid groups (broad SMARTS) is 1. The third-order valence-electron chi connectivity index (χ3n) is 5.65. The molecule has 212 valence electrons. The van der Waals surface area contributed by atoms with E-state index in [2.05, 4.69) is 48.4 Å². The number of hydrogen-bond acceptors (Lipinski definition) is 10. The number of sulfonamides is 1. The summed E-state index contributed by atoms with van der Waals surface area (Å²) < 4.78 is 31.5. The normalized spacial score (nSPS) is 12.4. The predicted octanol–water partition coefficient (Wildman–Crippen LogP) is 1.56. The highest BCUT2D eigenvalue weighted by atomic mass is 127. The number of aliphatic carboxylic acids is 1. The molecule has 3 aromatic rings. The zero-order valence-electron chi connectivity index (χ0n) is 21.3. The minimum Gasteiger partial charge on any atom is -0.480 e. The second-order valence-electron chi connectivity index (χ2n) is 8.62. The van der Waals surface area contributed by atoms with Gasteiger partial charge in [0.05, 0.1) is 16.3 Å². The van der Waals surface area contributed by atoms with Gasteiger partial charge in [0.25, 0.3) is 15.9 Å². The Kier molecular flexibility index (Phi) is 10.7. The minimum atomic E-state index is -4.06. The lowest BCUT2D eigenvalue weighted by molar-refractivity contribution is -0.139. The first kappa shape index (κ1) is 30.8. The lowest BCUT2D eigenvalue weighted by atomic mass is 10.1. The van der Waals surface area contributed by atoms with E-state index in [4.69, 9.17) is 11.5 Å². The van der Waals surface area contributed by atoms with E-state index in [1.54, 1.807) is 22.2 Å². The molecule has 0 spiro atoms. The van der Waals surface area contributed by atoms with Gasteiger partial charge in [0.1, 0.15) is 20.9 Å². The number of rotatable bonds is 14. The molecule has 0 aliphatic carbocycles. The second-order valence-corrected chi connectivity index (χ2v) is 12.2. The van der Waals surface area contributed by atoms with E-state index in [0.717, 1.165) is 26.3 Å². The first-order chi connectivity index (χ1) is 18.4. The molecule has 0 unspecified atom stereocenters. The molecule has 1 aromatic carbocycles. The molecule has 2 aromatic heterocycles. The Hall–Kier alpha value is -2.77. The van der Waals surface area contributed by atoms with Gasteiger partial charge in [-0.2, -0.15) is 5.10 Å². The van der Waals surface area contributed by atoms with Gasteiger partial charge in [0.2, 0.25) is 0 Å². The monoisotopic (exact) mass is 690 g/mol. The van der Waals surface area contributed by atoms with Crippen LogP contribution in [0.2, 0.25) is 0 Å². The Morgan fingerprint density at radius 2 is 2.00 bits per heavy atom. The summed E-state index contributed by atoms with van der Waals surface area (Å²) >= 11 is 3.20. The summed E-state index contributed by atoms with van der Waals surface area (Å²) in [6.07, 6.45) is -0.198. The number of hydrogen-bond donors (Lipinski definition) is 7. The summed E-state index contributed by atoms with van der Waals surface area (Å²) in [5.74, 6) is -1.91. The number of amides is 1. The van der Waals surface area contributed by atoms with Crippen LogP contribution in [-0.2, 0) is 28.4 Å². The smallest absolute Gasteiger partial charge is 0.326 e. The Balaban J connectivity index is 1.68. The van der Waals surface area contributed by atoms with E-state index in [1.807, 2.05) is 14.0 Å². The number of thiophene rings is 1. The zero-order valence-corrected chi connectivity index (χ0v) is 25.1. The molecule has 0 radical (unpaired) electrons. The molecule has 0 saturated carbocycles. The van der Waals surface area contributed by atoms with Gasteiger partial charge in [-0.1, -0.05) is 6.07 Å². The molecule has 2 heterocycles. The Morgan fingerprint density at radius 1 is 1.26 bits per heavy atom. The average molecular weight is 691 g/mol. The van der Waals surface area contributed by atoms with Gasteiger partial charge in [-0.05, 0) is 78.5 Å². The van der Waals surface area contributed by atoms with Gasteiger partial charge in [0.15, 0.2) is 0 Å². The van der Waals surface area contributed by atoms with Gasteiger partial charge in [0, 0.05) is 24.8 Å². The lowest BCUT2D eigenvalue weighted by Gasteiger charge is -2.16. The highest BCUT2D eigenvalue weighted by molar-refractivity contribution is 14.1. The van der Waals surface area contributed by atoms with Crippen molar-refractivity contribution in [2.24, 2.45) is 18.5 Å². The van der Waals surface area contributed by atoms with Crippen molar-refractivity contribution in [3.8, 4) is 0 Å². The number of carbonyl (C=O) groups excluding carboxylic acids is 1. The average Bonchev–Trinajstić information content (AvgIpc) is 3.42. The third kappa shape index (κ3) is 8.36. The van der Waals surface area contributed by atoms with Crippen LogP contribution in [0.4, 0.5) is 11.4 Å². The number of nitrogens with one attached hydrogen (secondary N) is 4. The van der Waals surface area contributed by atoms with E-state index in [9.17, 15) is 23.1 Å². The highest BCUT2D eigenvalue weighted by Gasteiger charge is 2.25. The standard InChI is InChI=1S/C23H31IN8O5S2/c1-13-16(20(24)32(2)30-13)12-28-14-5-3-6-15(11-14)39(36,37)31-17-8-10-38-19(17)21(33)29-18(22(34)35)7-4-9-27-23(25)26/h3,5-6,8,10-11,18,23,27-28,31H,4,7,9,12,25-26H2,1-2H3,(H,29,33)(H,34,35)/t18-/m0/s1. The van der Waals surface area contributed by atoms with Crippen LogP contribution in [0, 0.1) is 10.6 Å². The fourth-order valence-corrected chi connectivity index (χ4v) is 6.29. The number of aryl methyl sites for hydroxylation is 2. The van der Waals surface area contributed by atoms with Crippen molar-refractivity contribution in [2.75, 3.05) is 16.6 Å². The number of aromatic nitrogens is 2. The van der Waals surface area contributed by atoms with Crippen molar-refractivity contribution in [3.05, 3.63) is 55.5 Å². The Bertz CT molecular complexity index is 1420. The molecule has 9 N–H and O–H groups in total. The second kappa shape index (κ2) is 13.5. The molecule has 3 rings (SSSR count). The number of benzene rings is 1. The van der Waals surface area contributed by atoms with Crippen LogP contribution in [0.1, 0.15) is 33.8 Å². The van der Waals surface area contributed by atoms with Crippen LogP contribution < -0.4 is 32.1 Å². The van der Waals surface area contributed by atoms with Crippen LogP contribution >= 0.6 is 33.9 Å². The lowest BCUT2D eigenvalue weighted by Crippen LogP contribution is -2.46. The summed E-state index contributed by atoms with van der Waals surface area (Å²) in [7, 11) is -2.20. The zero-order chi connectivity index (χ0) is 28.7. The minimum absolute atomic E-state index is 0.00307. The van der Waals surface area contributed by atoms with E-state index >= 15 is 0 Å². The summed E-state index contributed by atoms with van der Waals surface area (Å²) in [6, 6.07) is 6.59. The Morgan fingerprint density at radius 3 is 2.64 bits per heavy atom. The van der Waals surface area contributed by atoms with Crippen molar-refractivity contribution >= 4 is 67.2 Å². The number of nitrogens with zero attached hydrogens (tertiary/aromatic N) is 2. The summed E-state index contributed by atoms with van der Waals surface area (Å²) in [5, 5.41) is 23.9. The highest BCUT2D eigenvalue weighted by Crippen LogP contribution is 2.27. The van der Waals surface area contributed by atoms with Crippen LogP contribution in [0.25, 0.3) is 0 Å². The molecule has 0 bridgehead atoms. The molecular formula is C23H31IN8O5S2. The number of nitrogens with two attached hydrogens (primary N) is 2. The van der Waals surface area contributed by atoms with E-state index in [0.29, 0.717) is 25.2 Å². The fourth-order valence-electron chi connectivity index (χ4n) is 3.66. The van der Waals surface area contributed by atoms with Gasteiger partial charge in [-0.3, -0.25) is 19.5 Å². The largest absolute Gasteiger partial charge is 0.480 e. The number of halogens is 1. The van der Waals surface area contributed by atoms with E-state index < -0.39 is 34.2 Å². The molecule has 13 nitrogen and oxygen atoms in total. The third-order valence-corrected chi connectivity index (χ3v) is 9.28. The molecule has 0 fully saturated rings. The predicted molar refractivity (Wildman–Crippen MR) is 158 cm³/mol. The van der Waals surface area contributed by atoms with Crippen LogP contribution in [0.5, 0.6) is 0 Å². The van der Waals surface area contributed by atoms with E-state index in [1.165, 1.54) is 18.2 Å². The van der Waals surface area contributed by atoms with Crippen molar-refractivity contribution in [1.29, 1.82) is 0 Å². The maximum atomic E-state index is 13.2. The SMILES string of the molecule is Cc1nn(C)c(I)c1CNc1cccc(S(=O)(=O)Nc2ccsc2C(=O)N[C@@H](CCCNC(N)N)C(=O)O)c1. The Labute approximate surface area is 243 Å². The van der Waals surface area contributed by atoms with Crippen LogP contribution in [-0.4, -0.2) is 54.1 Å². The first-order valence-corrected chi connectivity index (χ1v) is 15.2. The van der Waals surface area contributed by atoms with Crippen molar-refractivity contribution in [3.63, 3.8) is 0 Å². The first-order valence-electron chi connectivity index (χ1n) is 11.8. The molecular weight excluding hydrogens is 659 g/mol. The molecule has 39 heavy (non-hydrogen) atoms. The van der Waals surface area contributed by atoms with Crippen molar-refractivity contribution < 1.29 is 23.1 Å². The van der Waals surface area contributed by atoms with Crippen LogP contribution in [0.15, 0.2) is 40.6 Å².